The molecule has 33 heavy (non-hydrogen) atoms. The highest BCUT2D eigenvalue weighted by Crippen LogP contribution is 2.34. The number of benzene rings is 1. The molecule has 3 rings (SSSR count). The van der Waals surface area contributed by atoms with E-state index in [0.717, 1.165) is 12.1 Å². The molecular formula is C23H21F5N4O. The van der Waals surface area contributed by atoms with Gasteiger partial charge in [-0.3, -0.25) is 0 Å². The first kappa shape index (κ1) is 24.2. The molecule has 0 fully saturated rings. The third-order valence-electron chi connectivity index (χ3n) is 5.00. The Kier molecular flexibility index (Phi) is 6.78. The fraction of sp³-hybridized carbons (Fsp3) is 0.261. The van der Waals surface area contributed by atoms with E-state index < -0.39 is 30.1 Å². The topological polar surface area (TPSA) is 63.3 Å². The average Bonchev–Trinajstić information content (AvgIpc) is 2.73. The summed E-state index contributed by atoms with van der Waals surface area (Å²) in [5, 5.41) is 9.62. The van der Waals surface area contributed by atoms with Gasteiger partial charge in [-0.2, -0.15) is 13.2 Å². The van der Waals surface area contributed by atoms with Crippen LogP contribution < -0.4 is 5.49 Å². The second-order valence-corrected chi connectivity index (χ2v) is 7.32. The molecule has 0 unspecified atom stereocenters. The van der Waals surface area contributed by atoms with E-state index in [-0.39, 0.29) is 39.3 Å². The molecule has 0 spiro atoms. The molecule has 0 atom stereocenters. The Labute approximate surface area is 186 Å². The second-order valence-electron chi connectivity index (χ2n) is 7.32. The maximum absolute atomic E-state index is 14.8. The largest absolute Gasteiger partial charge is 0.433 e. The maximum Gasteiger partial charge on any atom is 0.433 e. The molecule has 0 aliphatic carbocycles. The highest BCUT2D eigenvalue weighted by molar-refractivity contribution is 5.80. The first-order chi connectivity index (χ1) is 15.5. The third-order valence-corrected chi connectivity index (χ3v) is 5.00. The van der Waals surface area contributed by atoms with Crippen molar-refractivity contribution in [1.82, 2.24) is 14.5 Å². The molecule has 5 nitrogen and oxygen atoms in total. The zero-order valence-corrected chi connectivity index (χ0v) is 18.3. The van der Waals surface area contributed by atoms with Crippen LogP contribution in [0.5, 0.6) is 0 Å². The third kappa shape index (κ3) is 5.00. The number of allylic oxidation sites excluding steroid dienone is 1. The van der Waals surface area contributed by atoms with Crippen LogP contribution in [0.3, 0.4) is 0 Å². The number of rotatable bonds is 4. The molecule has 0 radical (unpaired) electrons. The first-order valence-corrected chi connectivity index (χ1v) is 9.86. The lowest BCUT2D eigenvalue weighted by Crippen LogP contribution is -2.26. The number of pyridine rings is 1. The first-order valence-electron chi connectivity index (χ1n) is 9.86. The van der Waals surface area contributed by atoms with Crippen molar-refractivity contribution in [2.45, 2.75) is 26.9 Å². The molecule has 3 aromatic rings. The number of aromatic nitrogens is 3. The van der Waals surface area contributed by atoms with Crippen molar-refractivity contribution in [1.29, 1.82) is 0 Å². The summed E-state index contributed by atoms with van der Waals surface area (Å²) in [5.74, 6) is -1.37. The van der Waals surface area contributed by atoms with E-state index in [1.165, 1.54) is 29.7 Å². The molecule has 0 aliphatic heterocycles. The fourth-order valence-corrected chi connectivity index (χ4v) is 3.28. The molecule has 2 aromatic heterocycles. The Hall–Kier alpha value is -3.40. The minimum absolute atomic E-state index is 0.0195. The van der Waals surface area contributed by atoms with Gasteiger partial charge in [0, 0.05) is 24.4 Å². The van der Waals surface area contributed by atoms with E-state index in [1.54, 1.807) is 20.9 Å². The molecular weight excluding hydrogens is 443 g/mol. The van der Waals surface area contributed by atoms with E-state index in [0.29, 0.717) is 11.9 Å². The van der Waals surface area contributed by atoms with Crippen LogP contribution in [0.15, 0.2) is 47.1 Å². The van der Waals surface area contributed by atoms with Gasteiger partial charge < -0.3 is 9.67 Å². The van der Waals surface area contributed by atoms with Crippen molar-refractivity contribution < 1.29 is 27.1 Å². The van der Waals surface area contributed by atoms with Crippen LogP contribution in [0.2, 0.25) is 0 Å². The summed E-state index contributed by atoms with van der Waals surface area (Å²) in [5.41, 5.74) is -0.679. The summed E-state index contributed by atoms with van der Waals surface area (Å²) >= 11 is 0. The number of alkyl halides is 3. The van der Waals surface area contributed by atoms with Crippen LogP contribution in [0.25, 0.3) is 22.4 Å². The lowest BCUT2D eigenvalue weighted by Gasteiger charge is -2.17. The Morgan fingerprint density at radius 3 is 2.39 bits per heavy atom. The van der Waals surface area contributed by atoms with Crippen molar-refractivity contribution in [2.75, 3.05) is 6.61 Å². The predicted molar refractivity (Wildman–Crippen MR) is 113 cm³/mol. The molecule has 0 saturated carbocycles. The van der Waals surface area contributed by atoms with Gasteiger partial charge in [0.1, 0.15) is 28.6 Å². The molecule has 1 aromatic carbocycles. The molecule has 0 amide bonds. The second kappa shape index (κ2) is 9.22. The Balaban J connectivity index is 2.55. The fourth-order valence-electron chi connectivity index (χ4n) is 3.28. The van der Waals surface area contributed by atoms with E-state index >= 15 is 0 Å². The lowest BCUT2D eigenvalue weighted by atomic mass is 9.98. The highest BCUT2D eigenvalue weighted by atomic mass is 19.4. The van der Waals surface area contributed by atoms with Crippen LogP contribution in [-0.2, 0) is 13.2 Å². The van der Waals surface area contributed by atoms with Crippen LogP contribution in [0.4, 0.5) is 22.0 Å². The maximum atomic E-state index is 14.8. The van der Waals surface area contributed by atoms with E-state index in [2.05, 4.69) is 15.0 Å². The van der Waals surface area contributed by atoms with Gasteiger partial charge in [-0.25, -0.2) is 23.7 Å². The highest BCUT2D eigenvalue weighted by Gasteiger charge is 2.33. The van der Waals surface area contributed by atoms with Crippen molar-refractivity contribution in [2.24, 2.45) is 12.0 Å². The van der Waals surface area contributed by atoms with Crippen LogP contribution in [0, 0.1) is 25.5 Å². The Morgan fingerprint density at radius 2 is 1.82 bits per heavy atom. The van der Waals surface area contributed by atoms with Gasteiger partial charge in [0.05, 0.1) is 23.6 Å². The van der Waals surface area contributed by atoms with Gasteiger partial charge in [-0.05, 0) is 50.6 Å². The number of aliphatic hydroxyl groups excluding tert-OH is 1. The molecule has 1 N–H and O–H groups in total. The minimum atomic E-state index is -4.72. The number of aryl methyl sites for hydroxylation is 2. The predicted octanol–water partition coefficient (Wildman–Crippen LogP) is 4.86. The lowest BCUT2D eigenvalue weighted by molar-refractivity contribution is -0.141. The molecule has 0 bridgehead atoms. The van der Waals surface area contributed by atoms with Gasteiger partial charge in [0.25, 0.3) is 0 Å². The van der Waals surface area contributed by atoms with E-state index in [4.69, 9.17) is 0 Å². The quantitative estimate of drug-likeness (QED) is 0.561. The smallest absolute Gasteiger partial charge is 0.390 e. The molecule has 0 aliphatic rings. The average molecular weight is 464 g/mol. The van der Waals surface area contributed by atoms with Crippen molar-refractivity contribution in [3.63, 3.8) is 0 Å². The van der Waals surface area contributed by atoms with Gasteiger partial charge in [0.2, 0.25) is 0 Å². The molecule has 10 heteroatoms. The monoisotopic (exact) mass is 464 g/mol. The van der Waals surface area contributed by atoms with Crippen molar-refractivity contribution >= 4 is 0 Å². The number of halogens is 5. The Morgan fingerprint density at radius 1 is 1.12 bits per heavy atom. The summed E-state index contributed by atoms with van der Waals surface area (Å²) in [6.07, 6.45) is -3.18. The summed E-state index contributed by atoms with van der Waals surface area (Å²) in [6.45, 7) is 4.23. The van der Waals surface area contributed by atoms with Crippen molar-refractivity contribution in [3.8, 4) is 22.4 Å². The summed E-state index contributed by atoms with van der Waals surface area (Å²) in [7, 11) is 1.60. The van der Waals surface area contributed by atoms with Gasteiger partial charge in [0.15, 0.2) is 0 Å². The summed E-state index contributed by atoms with van der Waals surface area (Å²) < 4.78 is 70.4. The number of aliphatic hydroxyl groups is 1. The van der Waals surface area contributed by atoms with E-state index in [9.17, 15) is 27.1 Å². The number of hydrogen-bond acceptors (Lipinski definition) is 4. The number of hydrogen-bond donors (Lipinski definition) is 1. The molecule has 2 heterocycles. The number of nitrogens with zero attached hydrogens (tertiary/aromatic N) is 4. The van der Waals surface area contributed by atoms with Gasteiger partial charge in [-0.1, -0.05) is 6.08 Å². The zero-order chi connectivity index (χ0) is 24.5. The minimum Gasteiger partial charge on any atom is -0.390 e. The van der Waals surface area contributed by atoms with Crippen LogP contribution in [0.1, 0.15) is 24.1 Å². The summed E-state index contributed by atoms with van der Waals surface area (Å²) in [4.78, 5) is 12.4. The van der Waals surface area contributed by atoms with Crippen molar-refractivity contribution in [3.05, 3.63) is 76.4 Å². The van der Waals surface area contributed by atoms with E-state index in [1.807, 2.05) is 0 Å². The molecule has 174 valence electrons. The van der Waals surface area contributed by atoms with Crippen LogP contribution in [-0.4, -0.2) is 26.2 Å². The van der Waals surface area contributed by atoms with Gasteiger partial charge >= 0.3 is 6.18 Å². The standard InChI is InChI=1S/C23H21F5N4O/c1-5-16(11-33)31-22-20(14-8-12(2)29-19(9-14)23(26,27)28)21(30-13(3)32(22)4)17-7-6-15(24)10-18(17)25/h5-10,33H,11H2,1-4H3/b16-5-,31-22?. The normalized spacial score (nSPS) is 13.0. The molecule has 0 saturated heterocycles. The SMILES string of the molecule is C/C=C(/CO)N=c1c(-c2cc(C)nc(C(F)(F)F)c2)c(-c2ccc(F)cc2F)nc(C)n1C. The summed E-state index contributed by atoms with van der Waals surface area (Å²) in [6, 6.07) is 5.11. The van der Waals surface area contributed by atoms with Crippen LogP contribution >= 0.6 is 0 Å². The Bertz CT molecular complexity index is 1310. The van der Waals surface area contributed by atoms with Gasteiger partial charge in [-0.15, -0.1) is 0 Å². The zero-order valence-electron chi connectivity index (χ0n) is 18.3.